The Morgan fingerprint density at radius 2 is 1.66 bits per heavy atom. The molecule has 4 rings (SSSR count). The number of carbonyl (C=O) groups excluding carboxylic acids is 2. The third kappa shape index (κ3) is 4.94. The van der Waals surface area contributed by atoms with Crippen LogP contribution in [0.15, 0.2) is 66.7 Å². The van der Waals surface area contributed by atoms with Gasteiger partial charge in [-0.2, -0.15) is 0 Å². The quantitative estimate of drug-likeness (QED) is 0.558. The lowest BCUT2D eigenvalue weighted by Gasteiger charge is -2.32. The monoisotopic (exact) mass is 447 g/mol. The van der Waals surface area contributed by atoms with Crippen molar-refractivity contribution in [3.63, 3.8) is 0 Å². The van der Waals surface area contributed by atoms with Crippen LogP contribution in [0.1, 0.15) is 45.7 Å². The lowest BCUT2D eigenvalue weighted by molar-refractivity contribution is 0.0942. The molecule has 6 heteroatoms. The molecule has 0 aromatic heterocycles. The first kappa shape index (κ1) is 21.9. The number of fused-ring (bicyclic) bond motifs is 1. The number of rotatable bonds is 5. The fourth-order valence-corrected chi connectivity index (χ4v) is 4.04. The molecule has 2 amide bonds. The predicted molar refractivity (Wildman–Crippen MR) is 130 cm³/mol. The van der Waals surface area contributed by atoms with Crippen molar-refractivity contribution in [2.45, 2.75) is 32.9 Å². The minimum Gasteiger partial charge on any atom is -0.366 e. The van der Waals surface area contributed by atoms with Crippen LogP contribution in [0.5, 0.6) is 0 Å². The predicted octanol–water partition coefficient (Wildman–Crippen LogP) is 5.29. The third-order valence-corrected chi connectivity index (χ3v) is 5.75. The van der Waals surface area contributed by atoms with Gasteiger partial charge in [0.1, 0.15) is 0 Å². The summed E-state index contributed by atoms with van der Waals surface area (Å²) in [6, 6.07) is 20.6. The van der Waals surface area contributed by atoms with Crippen molar-refractivity contribution < 1.29 is 9.59 Å². The Labute approximate surface area is 193 Å². The first-order chi connectivity index (χ1) is 15.4. The average molecular weight is 448 g/mol. The topological polar surface area (TPSA) is 61.4 Å². The summed E-state index contributed by atoms with van der Waals surface area (Å²) in [5.74, 6) is -0.409. The molecule has 0 saturated carbocycles. The fourth-order valence-electron chi connectivity index (χ4n) is 3.92. The lowest BCUT2D eigenvalue weighted by Crippen LogP contribution is -2.35. The molecule has 0 spiro atoms. The molecule has 0 fully saturated rings. The highest BCUT2D eigenvalue weighted by atomic mass is 35.5. The smallest absolute Gasteiger partial charge is 0.255 e. The zero-order valence-electron chi connectivity index (χ0n) is 18.2. The van der Waals surface area contributed by atoms with Gasteiger partial charge in [0.25, 0.3) is 11.8 Å². The molecule has 0 aliphatic carbocycles. The molecule has 0 radical (unpaired) electrons. The van der Waals surface area contributed by atoms with E-state index in [1.54, 1.807) is 30.3 Å². The summed E-state index contributed by atoms with van der Waals surface area (Å²) in [6.07, 6.45) is 0.927. The summed E-state index contributed by atoms with van der Waals surface area (Å²) in [7, 11) is 0. The van der Waals surface area contributed by atoms with E-state index in [1.165, 1.54) is 11.1 Å². The van der Waals surface area contributed by atoms with E-state index in [9.17, 15) is 9.59 Å². The summed E-state index contributed by atoms with van der Waals surface area (Å²) < 4.78 is 0. The molecule has 1 aliphatic rings. The molecule has 32 heavy (non-hydrogen) atoms. The molecule has 3 aromatic carbocycles. The van der Waals surface area contributed by atoms with E-state index in [0.717, 1.165) is 25.2 Å². The number of benzene rings is 3. The summed E-state index contributed by atoms with van der Waals surface area (Å²) in [6.45, 7) is 5.44. The van der Waals surface area contributed by atoms with Gasteiger partial charge in [0, 0.05) is 41.1 Å². The van der Waals surface area contributed by atoms with Gasteiger partial charge in [-0.15, -0.1) is 0 Å². The van der Waals surface area contributed by atoms with E-state index in [0.29, 0.717) is 21.8 Å². The molecular formula is C26H26ClN3O2. The average Bonchev–Trinajstić information content (AvgIpc) is 2.78. The Kier molecular flexibility index (Phi) is 6.47. The molecule has 0 bridgehead atoms. The number of carbonyl (C=O) groups is 2. The normalized spacial score (nSPS) is 12.9. The molecule has 1 heterocycles. The van der Waals surface area contributed by atoms with Gasteiger partial charge in [-0.1, -0.05) is 35.9 Å². The molecule has 1 aliphatic heterocycles. The van der Waals surface area contributed by atoms with Crippen LogP contribution in [-0.2, 0) is 13.0 Å². The van der Waals surface area contributed by atoms with Crippen LogP contribution in [0, 0.1) is 0 Å². The van der Waals surface area contributed by atoms with Crippen molar-refractivity contribution in [2.24, 2.45) is 0 Å². The fraction of sp³-hybridized carbons (Fsp3) is 0.231. The first-order valence-corrected chi connectivity index (χ1v) is 11.1. The van der Waals surface area contributed by atoms with Crippen LogP contribution in [0.4, 0.5) is 11.4 Å². The standard InChI is InChI=1S/C26H26ClN3O2/c1-17(2)28-26(32)23-15-22(29-25(31)19-7-9-21(27)10-8-19)11-12-24(23)30-14-13-18-5-3-4-6-20(18)16-30/h3-12,15,17H,13-14,16H2,1-2H3,(H,28,32)(H,29,31). The van der Waals surface area contributed by atoms with Crippen LogP contribution in [0.25, 0.3) is 0 Å². The maximum atomic E-state index is 13.0. The Bertz CT molecular complexity index is 1140. The Balaban J connectivity index is 1.63. The van der Waals surface area contributed by atoms with E-state index in [-0.39, 0.29) is 17.9 Å². The number of amides is 2. The minimum absolute atomic E-state index is 0.00439. The van der Waals surface area contributed by atoms with Crippen LogP contribution in [0.3, 0.4) is 0 Å². The number of anilines is 2. The number of nitrogens with zero attached hydrogens (tertiary/aromatic N) is 1. The zero-order chi connectivity index (χ0) is 22.7. The van der Waals surface area contributed by atoms with Gasteiger partial charge in [0.05, 0.1) is 5.56 Å². The highest BCUT2D eigenvalue weighted by Gasteiger charge is 2.22. The van der Waals surface area contributed by atoms with Gasteiger partial charge >= 0.3 is 0 Å². The lowest BCUT2D eigenvalue weighted by atomic mass is 9.98. The van der Waals surface area contributed by atoms with Crippen molar-refractivity contribution in [1.29, 1.82) is 0 Å². The van der Waals surface area contributed by atoms with Crippen molar-refractivity contribution in [1.82, 2.24) is 5.32 Å². The number of halogens is 1. The summed E-state index contributed by atoms with van der Waals surface area (Å²) >= 11 is 5.92. The summed E-state index contributed by atoms with van der Waals surface area (Å²) in [5.41, 5.74) is 5.10. The van der Waals surface area contributed by atoms with Crippen molar-refractivity contribution in [3.05, 3.63) is 94.0 Å². The molecule has 0 saturated heterocycles. The van der Waals surface area contributed by atoms with E-state index < -0.39 is 0 Å². The Hall–Kier alpha value is -3.31. The largest absolute Gasteiger partial charge is 0.366 e. The van der Waals surface area contributed by atoms with Crippen molar-refractivity contribution in [3.8, 4) is 0 Å². The number of hydrogen-bond donors (Lipinski definition) is 2. The molecule has 2 N–H and O–H groups in total. The highest BCUT2D eigenvalue weighted by molar-refractivity contribution is 6.30. The van der Waals surface area contributed by atoms with Gasteiger partial charge in [-0.25, -0.2) is 0 Å². The second-order valence-corrected chi connectivity index (χ2v) is 8.70. The highest BCUT2D eigenvalue weighted by Crippen LogP contribution is 2.30. The summed E-state index contributed by atoms with van der Waals surface area (Å²) in [5, 5.41) is 6.45. The van der Waals surface area contributed by atoms with Gasteiger partial charge in [0.15, 0.2) is 0 Å². The first-order valence-electron chi connectivity index (χ1n) is 10.7. The minimum atomic E-state index is -0.253. The molecule has 3 aromatic rings. The Morgan fingerprint density at radius 1 is 0.938 bits per heavy atom. The maximum Gasteiger partial charge on any atom is 0.255 e. The van der Waals surface area contributed by atoms with Crippen LogP contribution in [-0.4, -0.2) is 24.4 Å². The molecule has 164 valence electrons. The van der Waals surface area contributed by atoms with E-state index in [2.05, 4.69) is 33.7 Å². The molecule has 5 nitrogen and oxygen atoms in total. The third-order valence-electron chi connectivity index (χ3n) is 5.50. The van der Waals surface area contributed by atoms with E-state index >= 15 is 0 Å². The SMILES string of the molecule is CC(C)NC(=O)c1cc(NC(=O)c2ccc(Cl)cc2)ccc1N1CCc2ccccc2C1. The van der Waals surface area contributed by atoms with Crippen LogP contribution >= 0.6 is 11.6 Å². The van der Waals surface area contributed by atoms with Gasteiger partial charge in [-0.05, 0) is 73.9 Å². The number of nitrogens with one attached hydrogen (secondary N) is 2. The zero-order valence-corrected chi connectivity index (χ0v) is 18.9. The van der Waals surface area contributed by atoms with Gasteiger partial charge in [-0.3, -0.25) is 9.59 Å². The van der Waals surface area contributed by atoms with E-state index in [4.69, 9.17) is 11.6 Å². The van der Waals surface area contributed by atoms with Crippen LogP contribution in [0.2, 0.25) is 5.02 Å². The van der Waals surface area contributed by atoms with Crippen molar-refractivity contribution in [2.75, 3.05) is 16.8 Å². The number of hydrogen-bond acceptors (Lipinski definition) is 3. The van der Waals surface area contributed by atoms with Crippen molar-refractivity contribution >= 4 is 34.8 Å². The molecule has 0 unspecified atom stereocenters. The van der Waals surface area contributed by atoms with Crippen LogP contribution < -0.4 is 15.5 Å². The molecule has 0 atom stereocenters. The van der Waals surface area contributed by atoms with Gasteiger partial charge in [0.2, 0.25) is 0 Å². The maximum absolute atomic E-state index is 13.0. The second-order valence-electron chi connectivity index (χ2n) is 8.26. The van der Waals surface area contributed by atoms with Gasteiger partial charge < -0.3 is 15.5 Å². The van der Waals surface area contributed by atoms with E-state index in [1.807, 2.05) is 32.0 Å². The second kappa shape index (κ2) is 9.45. The summed E-state index contributed by atoms with van der Waals surface area (Å²) in [4.78, 5) is 27.9. The molecular weight excluding hydrogens is 422 g/mol. The Morgan fingerprint density at radius 3 is 2.38 bits per heavy atom.